The van der Waals surface area contributed by atoms with Crippen molar-refractivity contribution >= 4 is 49.6 Å². The summed E-state index contributed by atoms with van der Waals surface area (Å²) in [6.45, 7) is 0. The fourth-order valence-corrected chi connectivity index (χ4v) is 0. The molecule has 0 aromatic carbocycles. The van der Waals surface area contributed by atoms with Gasteiger partial charge in [-0.05, 0) is 0 Å². The molecule has 8 heavy (non-hydrogen) atoms. The summed E-state index contributed by atoms with van der Waals surface area (Å²) in [5, 5.41) is 0. The Kier molecular flexibility index (Phi) is 42900. The Morgan fingerprint density at radius 3 is 0.250 bits per heavy atom. The number of hydrogen-bond donors (Lipinski definition) is 0. The molecule has 0 rings (SSSR count). The summed E-state index contributed by atoms with van der Waals surface area (Å²) in [7, 11) is 0. The fraction of sp³-hybridized carbons (Fsp3) is 0. The quantitative estimate of drug-likeness (QED) is 0.555. The van der Waals surface area contributed by atoms with Gasteiger partial charge in [-0.2, -0.15) is 0 Å². The molecule has 0 saturated carbocycles. The van der Waals surface area contributed by atoms with Crippen LogP contribution < -0.4 is 0 Å². The second-order valence-corrected chi connectivity index (χ2v) is 0. The first-order chi connectivity index (χ1) is 0. The van der Waals surface area contributed by atoms with Crippen molar-refractivity contribution < 1.29 is 18.8 Å². The Hall–Kier alpha value is 0.880. The van der Waals surface area contributed by atoms with Crippen LogP contribution in [0.5, 0.6) is 0 Å². The van der Waals surface area contributed by atoms with Crippen molar-refractivity contribution in [3.63, 3.8) is 0 Å². The van der Waals surface area contributed by atoms with Crippen LogP contribution in [0.3, 0.4) is 0 Å². The highest BCUT2D eigenvalue weighted by Crippen LogP contribution is 0.693. The molecule has 0 unspecified atom stereocenters. The lowest BCUT2D eigenvalue weighted by molar-refractivity contribution is 1.11. The third-order valence-electron chi connectivity index (χ3n) is 0. The van der Waals surface area contributed by atoms with E-state index in [1.54, 1.807) is 0 Å². The number of hydrogen-bond acceptors (Lipinski definition) is 0. The van der Waals surface area contributed by atoms with E-state index in [1.165, 1.54) is 0 Å². The van der Waals surface area contributed by atoms with E-state index < -0.39 is 0 Å². The second kappa shape index (κ2) is 482. The Morgan fingerprint density at radius 1 is 0.250 bits per heavy atom. The molecule has 0 aliphatic carbocycles. The molecule has 0 saturated heterocycles. The molecule has 0 amide bonds. The van der Waals surface area contributed by atoms with Crippen LogP contribution in [0.15, 0.2) is 0 Å². The first-order valence-corrected chi connectivity index (χ1v) is 0. The lowest BCUT2D eigenvalue weighted by Gasteiger charge is -0.270. The predicted octanol–water partition coefficient (Wildman–Crippen LogP) is 2.30. The highest BCUT2D eigenvalue weighted by Gasteiger charge is -0.143. The van der Waals surface area contributed by atoms with E-state index in [4.69, 9.17) is 0 Å². The van der Waals surface area contributed by atoms with E-state index in [2.05, 4.69) is 0 Å². The standard InChI is InChI=1S/4ClH.4FH/h8*1H. The van der Waals surface area contributed by atoms with Gasteiger partial charge in [-0.25, -0.2) is 0 Å². The summed E-state index contributed by atoms with van der Waals surface area (Å²) in [5.41, 5.74) is 0. The van der Waals surface area contributed by atoms with Gasteiger partial charge in [-0.1, -0.05) is 0 Å². The zero-order chi connectivity index (χ0) is 0. The van der Waals surface area contributed by atoms with Gasteiger partial charge < -0.3 is 0 Å². The Balaban J connectivity index is 0. The summed E-state index contributed by atoms with van der Waals surface area (Å²) >= 11 is 0. The summed E-state index contributed by atoms with van der Waals surface area (Å²) in [6.07, 6.45) is 0. The van der Waals surface area contributed by atoms with Gasteiger partial charge in [0.2, 0.25) is 0 Å². The van der Waals surface area contributed by atoms with Gasteiger partial charge in [-0.3, -0.25) is 18.8 Å². The molecule has 0 radical (unpaired) electrons. The van der Waals surface area contributed by atoms with Crippen LogP contribution >= 0.6 is 49.6 Å². The van der Waals surface area contributed by atoms with Crippen LogP contribution in [-0.4, -0.2) is 0 Å². The topological polar surface area (TPSA) is 0 Å². The maximum absolute atomic E-state index is 0. The van der Waals surface area contributed by atoms with Gasteiger partial charge in [0.25, 0.3) is 0 Å². The summed E-state index contributed by atoms with van der Waals surface area (Å²) < 4.78 is 0. The van der Waals surface area contributed by atoms with Gasteiger partial charge in [0.05, 0.1) is 0 Å². The molecule has 0 atom stereocenters. The van der Waals surface area contributed by atoms with E-state index in [1.807, 2.05) is 0 Å². The predicted molar refractivity (Wildman–Crippen MR) is 39.0 cm³/mol. The molecule has 0 fully saturated rings. The first kappa shape index (κ1) is 712. The Labute approximate surface area is 68.9 Å². The summed E-state index contributed by atoms with van der Waals surface area (Å²) in [4.78, 5) is 0. The van der Waals surface area contributed by atoms with Crippen molar-refractivity contribution in [3.05, 3.63) is 0 Å². The largest absolute Gasteiger partial charge is 0.269 e. The van der Waals surface area contributed by atoms with Crippen molar-refractivity contribution in [2.45, 2.75) is 0 Å². The van der Waals surface area contributed by atoms with Crippen LogP contribution in [-0.2, 0) is 0 Å². The normalized spacial score (nSPS) is 0. The van der Waals surface area contributed by atoms with Gasteiger partial charge in [0, 0.05) is 0 Å². The third-order valence-corrected chi connectivity index (χ3v) is 0. The third kappa shape index (κ3) is 307. The highest BCUT2D eigenvalue weighted by atomic mass is 35.5. The average molecular weight is 226 g/mol. The van der Waals surface area contributed by atoms with Crippen LogP contribution in [0.25, 0.3) is 0 Å². The molecule has 0 N–H and O–H groups in total. The van der Waals surface area contributed by atoms with Crippen LogP contribution in [0.4, 0.5) is 18.8 Å². The summed E-state index contributed by atoms with van der Waals surface area (Å²) in [6, 6.07) is 0. The van der Waals surface area contributed by atoms with Crippen LogP contribution in [0.2, 0.25) is 0 Å². The van der Waals surface area contributed by atoms with Crippen molar-refractivity contribution in [1.82, 2.24) is 0 Å². The Morgan fingerprint density at radius 2 is 0.250 bits per heavy atom. The van der Waals surface area contributed by atoms with Gasteiger partial charge in [-0.15, -0.1) is 49.6 Å². The number of halogens is 8. The van der Waals surface area contributed by atoms with Crippen molar-refractivity contribution in [3.8, 4) is 0 Å². The zero-order valence-electron chi connectivity index (χ0n) is 3.27. The second-order valence-electron chi connectivity index (χ2n) is 0. The first-order valence-electron chi connectivity index (χ1n) is 0. The molecule has 0 nitrogen and oxygen atoms in total. The lowest BCUT2D eigenvalue weighted by atomic mass is 19.0. The lowest BCUT2D eigenvalue weighted by Crippen LogP contribution is 0.419. The monoisotopic (exact) mass is 224 g/mol. The van der Waals surface area contributed by atoms with Crippen LogP contribution in [0, 0.1) is 0 Å². The van der Waals surface area contributed by atoms with Gasteiger partial charge in [0.15, 0.2) is 0 Å². The van der Waals surface area contributed by atoms with Crippen LogP contribution in [0.1, 0.15) is 0 Å². The molecular formula is H8Cl4F4. The zero-order valence-corrected chi connectivity index (χ0v) is 6.53. The maximum atomic E-state index is 0. The minimum atomic E-state index is 0. The maximum Gasteiger partial charge on any atom is -0.147 e. The SMILES string of the molecule is Cl.Cl.Cl.Cl.F.F.F.F. The van der Waals surface area contributed by atoms with Crippen molar-refractivity contribution in [2.75, 3.05) is 0 Å². The molecule has 0 aromatic heterocycles. The summed E-state index contributed by atoms with van der Waals surface area (Å²) in [5.74, 6) is 0. The average Bonchev–Trinajstić information content (AvgIpc) is 0. The van der Waals surface area contributed by atoms with E-state index in [0.29, 0.717) is 0 Å². The molecule has 0 aliphatic rings. The van der Waals surface area contributed by atoms with Crippen molar-refractivity contribution in [2.24, 2.45) is 0 Å². The molecule has 0 spiro atoms. The molecule has 8 heteroatoms. The highest BCUT2D eigenvalue weighted by molar-refractivity contribution is 5.86. The molecule has 64 valence electrons. The minimum absolute atomic E-state index is 0. The van der Waals surface area contributed by atoms with E-state index >= 15 is 0 Å². The van der Waals surface area contributed by atoms with Gasteiger partial charge >= 0.3 is 0 Å². The fourth-order valence-electron chi connectivity index (χ4n) is 0. The van der Waals surface area contributed by atoms with E-state index in [-0.39, 0.29) is 68.4 Å². The Bertz CT molecular complexity index is 8.00. The molecule has 0 heterocycles. The van der Waals surface area contributed by atoms with Gasteiger partial charge in [0.1, 0.15) is 0 Å². The molecule has 0 bridgehead atoms. The smallest absolute Gasteiger partial charge is 0.147 e. The number of rotatable bonds is 0. The minimum Gasteiger partial charge on any atom is -0.269 e. The van der Waals surface area contributed by atoms with E-state index in [9.17, 15) is 0 Å². The molecule has 0 aliphatic heterocycles. The van der Waals surface area contributed by atoms with Crippen molar-refractivity contribution in [1.29, 1.82) is 0 Å². The van der Waals surface area contributed by atoms with E-state index in [0.717, 1.165) is 0 Å². The molecular weight excluding hydrogens is 218 g/mol. The molecule has 0 aromatic rings.